The summed E-state index contributed by atoms with van der Waals surface area (Å²) in [6.45, 7) is 2.51. The molecule has 1 amide bonds. The standard InChI is InChI=1S/C23H26F6N2O3/c1-14-9-19(8-7-16(14)12-30-20(32)10-15(2)34-3)31-13-21(33,23(27,28)29)17-5-4-6-18(11-17)22(24,25)26/h4-9,11,15,31,33H,10,12-13H2,1-3H3,(H,30,32)/t15-,21-/m1/s1. The molecule has 11 heteroatoms. The van der Waals surface area contributed by atoms with E-state index < -0.39 is 35.6 Å². The Kier molecular flexibility index (Phi) is 8.59. The number of carbonyl (C=O) groups is 1. The number of hydrogen-bond acceptors (Lipinski definition) is 4. The van der Waals surface area contributed by atoms with Crippen molar-refractivity contribution in [2.75, 3.05) is 19.0 Å². The fourth-order valence-electron chi connectivity index (χ4n) is 3.16. The van der Waals surface area contributed by atoms with Gasteiger partial charge in [0, 0.05) is 19.3 Å². The van der Waals surface area contributed by atoms with E-state index in [4.69, 9.17) is 4.74 Å². The normalized spacial score (nSPS) is 14.9. The molecule has 2 aromatic rings. The lowest BCUT2D eigenvalue weighted by molar-refractivity contribution is -0.260. The summed E-state index contributed by atoms with van der Waals surface area (Å²) in [6, 6.07) is 7.09. The van der Waals surface area contributed by atoms with E-state index in [0.717, 1.165) is 12.1 Å². The number of benzene rings is 2. The largest absolute Gasteiger partial charge is 0.423 e. The van der Waals surface area contributed by atoms with Crippen molar-refractivity contribution in [2.24, 2.45) is 0 Å². The average Bonchev–Trinajstić information content (AvgIpc) is 2.75. The zero-order chi connectivity index (χ0) is 25.7. The summed E-state index contributed by atoms with van der Waals surface area (Å²) in [5.74, 6) is -0.229. The molecule has 2 aromatic carbocycles. The Bertz CT molecular complexity index is 993. The van der Waals surface area contributed by atoms with Gasteiger partial charge in [-0.1, -0.05) is 18.2 Å². The summed E-state index contributed by atoms with van der Waals surface area (Å²) >= 11 is 0. The van der Waals surface area contributed by atoms with Crippen LogP contribution in [0.1, 0.15) is 35.6 Å². The van der Waals surface area contributed by atoms with Crippen molar-refractivity contribution < 1.29 is 41.0 Å². The zero-order valence-corrected chi connectivity index (χ0v) is 18.8. The van der Waals surface area contributed by atoms with Gasteiger partial charge in [-0.25, -0.2) is 0 Å². The monoisotopic (exact) mass is 492 g/mol. The number of carbonyl (C=O) groups excluding carboxylic acids is 1. The second-order valence-corrected chi connectivity index (χ2v) is 7.96. The van der Waals surface area contributed by atoms with Crippen molar-refractivity contribution in [3.05, 3.63) is 64.7 Å². The highest BCUT2D eigenvalue weighted by Crippen LogP contribution is 2.41. The van der Waals surface area contributed by atoms with Crippen LogP contribution in [0.3, 0.4) is 0 Å². The molecule has 2 rings (SSSR count). The van der Waals surface area contributed by atoms with E-state index in [1.807, 2.05) is 0 Å². The van der Waals surface area contributed by atoms with E-state index in [0.29, 0.717) is 17.2 Å². The van der Waals surface area contributed by atoms with Gasteiger partial charge in [0.25, 0.3) is 0 Å². The lowest BCUT2D eigenvalue weighted by Crippen LogP contribution is -2.48. The predicted molar refractivity (Wildman–Crippen MR) is 114 cm³/mol. The highest BCUT2D eigenvalue weighted by Gasteiger charge is 2.55. The lowest BCUT2D eigenvalue weighted by atomic mass is 9.91. The number of aryl methyl sites for hydroxylation is 1. The lowest BCUT2D eigenvalue weighted by Gasteiger charge is -2.32. The molecule has 0 fully saturated rings. The highest BCUT2D eigenvalue weighted by atomic mass is 19.4. The maximum Gasteiger partial charge on any atom is 0.423 e. The molecule has 0 radical (unpaired) electrons. The van der Waals surface area contributed by atoms with E-state index in [9.17, 15) is 36.2 Å². The van der Waals surface area contributed by atoms with Gasteiger partial charge in [-0.2, -0.15) is 26.3 Å². The van der Waals surface area contributed by atoms with Crippen molar-refractivity contribution in [3.8, 4) is 0 Å². The molecule has 3 N–H and O–H groups in total. The maximum absolute atomic E-state index is 13.7. The van der Waals surface area contributed by atoms with E-state index in [2.05, 4.69) is 10.6 Å². The number of hydrogen-bond donors (Lipinski definition) is 3. The summed E-state index contributed by atoms with van der Waals surface area (Å²) < 4.78 is 85.1. The van der Waals surface area contributed by atoms with Gasteiger partial charge in [0.05, 0.1) is 24.6 Å². The van der Waals surface area contributed by atoms with Crippen LogP contribution in [0.5, 0.6) is 0 Å². The minimum atomic E-state index is -5.25. The number of alkyl halides is 6. The minimum Gasteiger partial charge on any atom is -0.381 e. The van der Waals surface area contributed by atoms with Crippen LogP contribution >= 0.6 is 0 Å². The first-order chi connectivity index (χ1) is 15.7. The molecule has 5 nitrogen and oxygen atoms in total. The third-order valence-corrected chi connectivity index (χ3v) is 5.38. The number of anilines is 1. The predicted octanol–water partition coefficient (Wildman–Crippen LogP) is 4.92. The van der Waals surface area contributed by atoms with E-state index >= 15 is 0 Å². The molecule has 188 valence electrons. The zero-order valence-electron chi connectivity index (χ0n) is 18.8. The Hall–Kier alpha value is -2.79. The van der Waals surface area contributed by atoms with Crippen LogP contribution in [0.15, 0.2) is 42.5 Å². The Balaban J connectivity index is 2.16. The second-order valence-electron chi connectivity index (χ2n) is 7.96. The fourth-order valence-corrected chi connectivity index (χ4v) is 3.16. The summed E-state index contributed by atoms with van der Waals surface area (Å²) in [4.78, 5) is 11.9. The number of halogens is 6. The van der Waals surface area contributed by atoms with Crippen LogP contribution in [-0.2, 0) is 27.9 Å². The minimum absolute atomic E-state index is 0.167. The highest BCUT2D eigenvalue weighted by molar-refractivity contribution is 5.76. The van der Waals surface area contributed by atoms with E-state index in [1.165, 1.54) is 19.2 Å². The fraction of sp³-hybridized carbons (Fsp3) is 0.435. The Morgan fingerprint density at radius 3 is 2.26 bits per heavy atom. The Morgan fingerprint density at radius 1 is 1.06 bits per heavy atom. The molecule has 0 heterocycles. The summed E-state index contributed by atoms with van der Waals surface area (Å²) in [7, 11) is 1.49. The van der Waals surface area contributed by atoms with Gasteiger partial charge in [-0.15, -0.1) is 0 Å². The molecule has 0 spiro atoms. The summed E-state index contributed by atoms with van der Waals surface area (Å²) in [5, 5.41) is 15.6. The maximum atomic E-state index is 13.7. The molecule has 0 aliphatic rings. The van der Waals surface area contributed by atoms with Gasteiger partial charge in [0.2, 0.25) is 11.5 Å². The first-order valence-electron chi connectivity index (χ1n) is 10.3. The third kappa shape index (κ3) is 6.86. The SMILES string of the molecule is CO[C@H](C)CC(=O)NCc1ccc(NC[C@@](O)(c2cccc(C(F)(F)F)c2)C(F)(F)F)cc1C. The van der Waals surface area contributed by atoms with Gasteiger partial charge in [0.1, 0.15) is 0 Å². The molecule has 0 bridgehead atoms. The van der Waals surface area contributed by atoms with Gasteiger partial charge < -0.3 is 20.5 Å². The number of nitrogens with one attached hydrogen (secondary N) is 2. The molecule has 0 aliphatic heterocycles. The molecule has 0 saturated heterocycles. The van der Waals surface area contributed by atoms with E-state index in [1.54, 1.807) is 19.9 Å². The molecule has 0 unspecified atom stereocenters. The van der Waals surface area contributed by atoms with Crippen LogP contribution < -0.4 is 10.6 Å². The van der Waals surface area contributed by atoms with Crippen molar-refractivity contribution in [1.82, 2.24) is 5.32 Å². The van der Waals surface area contributed by atoms with Gasteiger partial charge in [0.15, 0.2) is 0 Å². The average molecular weight is 492 g/mol. The molecule has 0 saturated carbocycles. The Morgan fingerprint density at radius 2 is 1.71 bits per heavy atom. The van der Waals surface area contributed by atoms with Crippen LogP contribution in [0.2, 0.25) is 0 Å². The topological polar surface area (TPSA) is 70.6 Å². The van der Waals surface area contributed by atoms with Crippen LogP contribution in [-0.4, -0.2) is 36.9 Å². The molecule has 34 heavy (non-hydrogen) atoms. The van der Waals surface area contributed by atoms with Crippen molar-refractivity contribution in [3.63, 3.8) is 0 Å². The smallest absolute Gasteiger partial charge is 0.381 e. The van der Waals surface area contributed by atoms with Crippen molar-refractivity contribution >= 4 is 11.6 Å². The number of amides is 1. The first-order valence-corrected chi connectivity index (χ1v) is 10.3. The number of methoxy groups -OCH3 is 1. The molecular weight excluding hydrogens is 466 g/mol. The van der Waals surface area contributed by atoms with Gasteiger partial charge in [-0.3, -0.25) is 4.79 Å². The van der Waals surface area contributed by atoms with Crippen LogP contribution in [0.4, 0.5) is 32.0 Å². The molecular formula is C23H26F6N2O3. The van der Waals surface area contributed by atoms with Crippen molar-refractivity contribution in [1.29, 1.82) is 0 Å². The number of ether oxygens (including phenoxy) is 1. The Labute approximate surface area is 193 Å². The molecule has 0 aliphatic carbocycles. The van der Waals surface area contributed by atoms with Gasteiger partial charge in [-0.05, 0) is 54.8 Å². The summed E-state index contributed by atoms with van der Waals surface area (Å²) in [5.41, 5.74) is -4.20. The van der Waals surface area contributed by atoms with Crippen LogP contribution in [0, 0.1) is 6.92 Å². The van der Waals surface area contributed by atoms with Crippen molar-refractivity contribution in [2.45, 2.75) is 50.9 Å². The quantitative estimate of drug-likeness (QED) is 0.435. The van der Waals surface area contributed by atoms with Gasteiger partial charge >= 0.3 is 12.4 Å². The second kappa shape index (κ2) is 10.6. The molecule has 0 aromatic heterocycles. The third-order valence-electron chi connectivity index (χ3n) is 5.38. The number of aliphatic hydroxyl groups is 1. The van der Waals surface area contributed by atoms with E-state index in [-0.39, 0.29) is 36.7 Å². The number of rotatable bonds is 9. The molecule has 2 atom stereocenters. The summed E-state index contributed by atoms with van der Waals surface area (Å²) in [6.07, 6.45) is -10.2. The van der Waals surface area contributed by atoms with Crippen LogP contribution in [0.25, 0.3) is 0 Å². The first kappa shape index (κ1) is 27.5.